The summed E-state index contributed by atoms with van der Waals surface area (Å²) in [4.78, 5) is 12.5. The van der Waals surface area contributed by atoms with Crippen LogP contribution in [0.2, 0.25) is 0 Å². The van der Waals surface area contributed by atoms with E-state index in [-0.39, 0.29) is 5.78 Å². The summed E-state index contributed by atoms with van der Waals surface area (Å²) in [6, 6.07) is 13.5. The molecule has 0 heterocycles. The number of ether oxygens (including phenoxy) is 1. The van der Waals surface area contributed by atoms with Gasteiger partial charge in [-0.2, -0.15) is 0 Å². The number of aryl methyl sites for hydroxylation is 1. The normalized spacial score (nSPS) is 12.0. The van der Waals surface area contributed by atoms with Crippen molar-refractivity contribution in [1.82, 2.24) is 0 Å². The van der Waals surface area contributed by atoms with Crippen LogP contribution in [0.4, 0.5) is 0 Å². The van der Waals surface area contributed by atoms with Crippen molar-refractivity contribution in [3.05, 3.63) is 64.7 Å². The van der Waals surface area contributed by atoms with Gasteiger partial charge in [0.25, 0.3) is 0 Å². The highest BCUT2D eigenvalue weighted by molar-refractivity contribution is 6.09. The van der Waals surface area contributed by atoms with Gasteiger partial charge in [0, 0.05) is 11.1 Å². The van der Waals surface area contributed by atoms with Crippen molar-refractivity contribution in [1.29, 1.82) is 0 Å². The number of carbonyl (C=O) groups excluding carboxylic acids is 1. The highest BCUT2D eigenvalue weighted by Gasteiger charge is 2.12. The van der Waals surface area contributed by atoms with Gasteiger partial charge in [0.15, 0.2) is 5.78 Å². The summed E-state index contributed by atoms with van der Waals surface area (Å²) in [7, 11) is 1.62. The van der Waals surface area contributed by atoms with Crippen molar-refractivity contribution < 1.29 is 9.53 Å². The second kappa shape index (κ2) is 6.57. The first kappa shape index (κ1) is 15.3. The fraction of sp³-hybridized carbons (Fsp3) is 0.316. The first-order valence-corrected chi connectivity index (χ1v) is 7.36. The van der Waals surface area contributed by atoms with Crippen molar-refractivity contribution in [2.24, 2.45) is 0 Å². The number of carbonyl (C=O) groups is 1. The Balaban J connectivity index is 2.27. The van der Waals surface area contributed by atoms with Crippen molar-refractivity contribution in [2.75, 3.05) is 7.11 Å². The number of rotatable bonds is 5. The molecule has 2 aromatic rings. The minimum atomic E-state index is 0.0315. The topological polar surface area (TPSA) is 26.3 Å². The smallest absolute Gasteiger partial charge is 0.193 e. The average Bonchev–Trinajstić information content (AvgIpc) is 2.54. The lowest BCUT2D eigenvalue weighted by Gasteiger charge is -2.10. The Bertz CT molecular complexity index is 627. The van der Waals surface area contributed by atoms with Crippen LogP contribution in [0.5, 0.6) is 5.75 Å². The summed E-state index contributed by atoms with van der Waals surface area (Å²) in [5.74, 6) is 1.30. The summed E-state index contributed by atoms with van der Waals surface area (Å²) in [6.45, 7) is 6.33. The van der Waals surface area contributed by atoms with Crippen LogP contribution in [0, 0.1) is 6.92 Å². The van der Waals surface area contributed by atoms with Gasteiger partial charge in [-0.25, -0.2) is 0 Å². The van der Waals surface area contributed by atoms with Crippen molar-refractivity contribution in [3.63, 3.8) is 0 Å². The Morgan fingerprint density at radius 3 is 2.29 bits per heavy atom. The van der Waals surface area contributed by atoms with Gasteiger partial charge >= 0.3 is 0 Å². The number of hydrogen-bond donors (Lipinski definition) is 0. The molecule has 0 aliphatic heterocycles. The molecule has 0 aromatic heterocycles. The zero-order valence-corrected chi connectivity index (χ0v) is 13.1. The molecule has 0 radical (unpaired) electrons. The molecule has 0 bridgehead atoms. The minimum Gasteiger partial charge on any atom is -0.496 e. The van der Waals surface area contributed by atoms with E-state index >= 15 is 0 Å². The molecular weight excluding hydrogens is 260 g/mol. The molecule has 21 heavy (non-hydrogen) atoms. The molecule has 0 saturated heterocycles. The van der Waals surface area contributed by atoms with Gasteiger partial charge < -0.3 is 4.74 Å². The van der Waals surface area contributed by atoms with Crippen LogP contribution in [0.1, 0.15) is 53.2 Å². The number of benzene rings is 2. The van der Waals surface area contributed by atoms with Crippen LogP contribution in [-0.4, -0.2) is 12.9 Å². The van der Waals surface area contributed by atoms with Crippen LogP contribution in [-0.2, 0) is 0 Å². The Labute approximate surface area is 126 Å². The highest BCUT2D eigenvalue weighted by atomic mass is 16.5. The molecule has 2 rings (SSSR count). The lowest BCUT2D eigenvalue weighted by molar-refractivity contribution is 0.103. The maximum absolute atomic E-state index is 12.5. The van der Waals surface area contributed by atoms with Gasteiger partial charge in [0.1, 0.15) is 5.75 Å². The maximum atomic E-state index is 12.5. The summed E-state index contributed by atoms with van der Waals surface area (Å²) < 4.78 is 5.28. The fourth-order valence-electron chi connectivity index (χ4n) is 2.33. The largest absolute Gasteiger partial charge is 0.496 e. The van der Waals surface area contributed by atoms with E-state index in [4.69, 9.17) is 4.74 Å². The second-order valence-electron chi connectivity index (χ2n) is 5.44. The standard InChI is InChI=1S/C19H22O2/c1-5-13(2)15-8-10-16(11-9-15)19(20)17-7-6-14(3)18(12-17)21-4/h6-13H,5H2,1-4H3. The molecule has 1 atom stereocenters. The average molecular weight is 282 g/mol. The van der Waals surface area contributed by atoms with E-state index in [9.17, 15) is 4.79 Å². The van der Waals surface area contributed by atoms with E-state index in [0.29, 0.717) is 17.0 Å². The fourth-order valence-corrected chi connectivity index (χ4v) is 2.33. The number of hydrogen-bond acceptors (Lipinski definition) is 2. The molecule has 0 N–H and O–H groups in total. The summed E-state index contributed by atoms with van der Waals surface area (Å²) in [5.41, 5.74) is 3.68. The molecule has 1 unspecified atom stereocenters. The number of ketones is 1. The third-order valence-corrected chi connectivity index (χ3v) is 4.02. The first-order chi connectivity index (χ1) is 10.1. The highest BCUT2D eigenvalue weighted by Crippen LogP contribution is 2.23. The minimum absolute atomic E-state index is 0.0315. The van der Waals surface area contributed by atoms with Crippen LogP contribution in [0.15, 0.2) is 42.5 Å². The molecule has 0 fully saturated rings. The van der Waals surface area contributed by atoms with E-state index in [1.807, 2.05) is 43.3 Å². The van der Waals surface area contributed by atoms with Crippen LogP contribution < -0.4 is 4.74 Å². The molecule has 0 aliphatic rings. The van der Waals surface area contributed by atoms with Crippen molar-refractivity contribution in [3.8, 4) is 5.75 Å². The van der Waals surface area contributed by atoms with Crippen molar-refractivity contribution >= 4 is 5.78 Å². The Kier molecular flexibility index (Phi) is 4.79. The van der Waals surface area contributed by atoms with Crippen LogP contribution >= 0.6 is 0 Å². The van der Waals surface area contributed by atoms with Gasteiger partial charge in [0.2, 0.25) is 0 Å². The molecule has 0 spiro atoms. The molecule has 0 saturated carbocycles. The quantitative estimate of drug-likeness (QED) is 0.740. The summed E-state index contributed by atoms with van der Waals surface area (Å²) in [6.07, 6.45) is 1.10. The second-order valence-corrected chi connectivity index (χ2v) is 5.44. The molecule has 2 aromatic carbocycles. The third-order valence-electron chi connectivity index (χ3n) is 4.02. The predicted octanol–water partition coefficient (Wildman–Crippen LogP) is 4.75. The predicted molar refractivity (Wildman–Crippen MR) is 86.3 cm³/mol. The lowest BCUT2D eigenvalue weighted by Crippen LogP contribution is -2.03. The zero-order chi connectivity index (χ0) is 15.4. The molecule has 110 valence electrons. The van der Waals surface area contributed by atoms with Gasteiger partial charge in [0.05, 0.1) is 7.11 Å². The van der Waals surface area contributed by atoms with E-state index in [1.54, 1.807) is 13.2 Å². The van der Waals surface area contributed by atoms with Crippen LogP contribution in [0.25, 0.3) is 0 Å². The van der Waals surface area contributed by atoms with Gasteiger partial charge in [-0.15, -0.1) is 0 Å². The van der Waals surface area contributed by atoms with E-state index < -0.39 is 0 Å². The van der Waals surface area contributed by atoms with Crippen LogP contribution in [0.3, 0.4) is 0 Å². The Morgan fingerprint density at radius 1 is 1.10 bits per heavy atom. The zero-order valence-electron chi connectivity index (χ0n) is 13.1. The van der Waals surface area contributed by atoms with Crippen molar-refractivity contribution in [2.45, 2.75) is 33.1 Å². The monoisotopic (exact) mass is 282 g/mol. The molecule has 0 amide bonds. The van der Waals surface area contributed by atoms with E-state index in [1.165, 1.54) is 5.56 Å². The first-order valence-electron chi connectivity index (χ1n) is 7.36. The Hall–Kier alpha value is -2.09. The molecule has 0 aliphatic carbocycles. The summed E-state index contributed by atoms with van der Waals surface area (Å²) >= 11 is 0. The van der Waals surface area contributed by atoms with Gasteiger partial charge in [-0.3, -0.25) is 4.79 Å². The molecular formula is C19H22O2. The SMILES string of the molecule is CCC(C)c1ccc(C(=O)c2ccc(C)c(OC)c2)cc1. The van der Waals surface area contributed by atoms with E-state index in [2.05, 4.69) is 13.8 Å². The van der Waals surface area contributed by atoms with Gasteiger partial charge in [-0.05, 0) is 36.5 Å². The summed E-state index contributed by atoms with van der Waals surface area (Å²) in [5, 5.41) is 0. The third kappa shape index (κ3) is 3.33. The van der Waals surface area contributed by atoms with Gasteiger partial charge in [-0.1, -0.05) is 50.2 Å². The number of methoxy groups -OCH3 is 1. The maximum Gasteiger partial charge on any atom is 0.193 e. The molecule has 2 heteroatoms. The lowest BCUT2D eigenvalue weighted by atomic mass is 9.95. The van der Waals surface area contributed by atoms with E-state index in [0.717, 1.165) is 17.7 Å². The Morgan fingerprint density at radius 2 is 1.71 bits per heavy atom. The molecule has 2 nitrogen and oxygen atoms in total.